The number of nitrogens with zero attached hydrogens (tertiary/aromatic N) is 3. The molecule has 0 radical (unpaired) electrons. The second kappa shape index (κ2) is 8.58. The number of thiocarbonyl (C=S) groups is 1. The van der Waals surface area contributed by atoms with Crippen LogP contribution < -0.4 is 5.01 Å². The van der Waals surface area contributed by atoms with Gasteiger partial charge in [-0.3, -0.25) is 5.01 Å². The zero-order valence-electron chi connectivity index (χ0n) is 15.2. The SMILES string of the molecule is S=C(C1=NN(c2ccc(Cl)cc2Cl)C(c2ccc(Cl)cc2)C1)N1CCCCC1. The second-order valence-corrected chi connectivity index (χ2v) is 8.78. The fourth-order valence-corrected chi connectivity index (χ4v) is 4.68. The Balaban J connectivity index is 1.69. The van der Waals surface area contributed by atoms with Crippen molar-refractivity contribution in [3.8, 4) is 0 Å². The van der Waals surface area contributed by atoms with Crippen molar-refractivity contribution in [3.63, 3.8) is 0 Å². The summed E-state index contributed by atoms with van der Waals surface area (Å²) >= 11 is 24.5. The molecule has 0 N–H and O–H groups in total. The molecule has 2 aromatic carbocycles. The van der Waals surface area contributed by atoms with Gasteiger partial charge in [0.1, 0.15) is 4.99 Å². The van der Waals surface area contributed by atoms with Gasteiger partial charge in [-0.05, 0) is 55.2 Å². The van der Waals surface area contributed by atoms with Crippen LogP contribution in [-0.4, -0.2) is 28.7 Å². The normalized spacial score (nSPS) is 19.7. The topological polar surface area (TPSA) is 18.8 Å². The lowest BCUT2D eigenvalue weighted by atomic mass is 10.0. The number of piperidine rings is 1. The molecule has 0 bridgehead atoms. The standard InChI is InChI=1S/C21H20Cl3N3S/c22-15-6-4-14(5-7-15)20-13-18(21(28)26-10-2-1-3-11-26)25-27(20)19-9-8-16(23)12-17(19)24/h4-9,12,20H,1-3,10-11,13H2. The molecule has 3 nitrogen and oxygen atoms in total. The molecule has 7 heteroatoms. The van der Waals surface area contributed by atoms with Crippen LogP contribution in [0, 0.1) is 0 Å². The zero-order valence-corrected chi connectivity index (χ0v) is 18.3. The van der Waals surface area contributed by atoms with E-state index < -0.39 is 0 Å². The minimum absolute atomic E-state index is 0.00804. The summed E-state index contributed by atoms with van der Waals surface area (Å²) in [6.07, 6.45) is 4.36. The maximum absolute atomic E-state index is 6.50. The van der Waals surface area contributed by atoms with E-state index in [-0.39, 0.29) is 6.04 Å². The molecule has 1 saturated heterocycles. The Morgan fingerprint density at radius 2 is 1.61 bits per heavy atom. The van der Waals surface area contributed by atoms with E-state index in [1.807, 2.05) is 41.4 Å². The van der Waals surface area contributed by atoms with Crippen LogP contribution in [0.1, 0.15) is 37.3 Å². The number of halogens is 3. The smallest absolute Gasteiger partial charge is 0.125 e. The fraction of sp³-hybridized carbons (Fsp3) is 0.333. The average molecular weight is 453 g/mol. The number of rotatable bonds is 3. The van der Waals surface area contributed by atoms with Crippen molar-refractivity contribution in [2.75, 3.05) is 18.1 Å². The number of benzene rings is 2. The average Bonchev–Trinajstić information content (AvgIpc) is 3.13. The molecular formula is C21H20Cl3N3S. The molecular weight excluding hydrogens is 433 g/mol. The van der Waals surface area contributed by atoms with Gasteiger partial charge in [-0.2, -0.15) is 5.10 Å². The van der Waals surface area contributed by atoms with E-state index in [2.05, 4.69) is 4.90 Å². The highest BCUT2D eigenvalue weighted by molar-refractivity contribution is 7.82. The molecule has 28 heavy (non-hydrogen) atoms. The Morgan fingerprint density at radius 1 is 0.929 bits per heavy atom. The van der Waals surface area contributed by atoms with Gasteiger partial charge in [0.05, 0.1) is 22.5 Å². The van der Waals surface area contributed by atoms with Crippen molar-refractivity contribution in [2.45, 2.75) is 31.7 Å². The minimum Gasteiger partial charge on any atom is -0.361 e. The molecule has 0 aliphatic carbocycles. The second-order valence-electron chi connectivity index (χ2n) is 7.11. The highest BCUT2D eigenvalue weighted by atomic mass is 35.5. The molecule has 0 amide bonds. The third-order valence-electron chi connectivity index (χ3n) is 5.21. The highest BCUT2D eigenvalue weighted by Crippen LogP contribution is 2.40. The summed E-state index contributed by atoms with van der Waals surface area (Å²) in [4.78, 5) is 3.13. The van der Waals surface area contributed by atoms with Gasteiger partial charge in [-0.25, -0.2) is 0 Å². The van der Waals surface area contributed by atoms with Crippen LogP contribution in [0.25, 0.3) is 0 Å². The number of anilines is 1. The first-order valence-corrected chi connectivity index (χ1v) is 10.9. The Kier molecular flexibility index (Phi) is 6.12. The molecule has 2 aliphatic rings. The fourth-order valence-electron chi connectivity index (χ4n) is 3.75. The van der Waals surface area contributed by atoms with Gasteiger partial charge < -0.3 is 4.90 Å². The summed E-state index contributed by atoms with van der Waals surface area (Å²) < 4.78 is 0. The van der Waals surface area contributed by atoms with Crippen LogP contribution >= 0.6 is 47.0 Å². The van der Waals surface area contributed by atoms with Crippen LogP contribution in [0.5, 0.6) is 0 Å². The number of hydrazone groups is 1. The van der Waals surface area contributed by atoms with E-state index >= 15 is 0 Å². The first-order valence-electron chi connectivity index (χ1n) is 9.39. The molecule has 1 atom stereocenters. The predicted molar refractivity (Wildman–Crippen MR) is 123 cm³/mol. The Morgan fingerprint density at radius 3 is 2.29 bits per heavy atom. The van der Waals surface area contributed by atoms with Gasteiger partial charge in [0.2, 0.25) is 0 Å². The molecule has 1 unspecified atom stereocenters. The van der Waals surface area contributed by atoms with Crippen LogP contribution in [-0.2, 0) is 0 Å². The van der Waals surface area contributed by atoms with Gasteiger partial charge in [0, 0.05) is 29.6 Å². The van der Waals surface area contributed by atoms with E-state index in [4.69, 9.17) is 52.1 Å². The van der Waals surface area contributed by atoms with E-state index in [1.165, 1.54) is 19.3 Å². The van der Waals surface area contributed by atoms with Gasteiger partial charge in [-0.1, -0.05) is 59.2 Å². The molecule has 0 spiro atoms. The van der Waals surface area contributed by atoms with Gasteiger partial charge >= 0.3 is 0 Å². The highest BCUT2D eigenvalue weighted by Gasteiger charge is 2.33. The molecule has 1 fully saturated rings. The summed E-state index contributed by atoms with van der Waals surface area (Å²) in [5.41, 5.74) is 2.88. The lowest BCUT2D eigenvalue weighted by Crippen LogP contribution is -2.38. The molecule has 2 heterocycles. The monoisotopic (exact) mass is 451 g/mol. The summed E-state index contributed by atoms with van der Waals surface area (Å²) in [6, 6.07) is 13.4. The van der Waals surface area contributed by atoms with E-state index in [0.717, 1.165) is 41.5 Å². The minimum atomic E-state index is 0.00804. The third kappa shape index (κ3) is 4.16. The Hall–Kier alpha value is -1.33. The Labute approximate surface area is 185 Å². The zero-order chi connectivity index (χ0) is 19.7. The molecule has 146 valence electrons. The van der Waals surface area contributed by atoms with Crippen LogP contribution in [0.4, 0.5) is 5.69 Å². The van der Waals surface area contributed by atoms with E-state index in [0.29, 0.717) is 15.1 Å². The first-order chi connectivity index (χ1) is 13.5. The van der Waals surface area contributed by atoms with Crippen molar-refractivity contribution in [1.29, 1.82) is 0 Å². The number of hydrogen-bond acceptors (Lipinski definition) is 3. The molecule has 0 aromatic heterocycles. The number of likely N-dealkylation sites (tertiary alicyclic amines) is 1. The van der Waals surface area contributed by atoms with Crippen molar-refractivity contribution < 1.29 is 0 Å². The predicted octanol–water partition coefficient (Wildman–Crippen LogP) is 6.77. The summed E-state index contributed by atoms with van der Waals surface area (Å²) in [7, 11) is 0. The van der Waals surface area contributed by atoms with Crippen LogP contribution in [0.15, 0.2) is 47.6 Å². The lowest BCUT2D eigenvalue weighted by Gasteiger charge is -2.28. The van der Waals surface area contributed by atoms with E-state index in [9.17, 15) is 0 Å². The van der Waals surface area contributed by atoms with Gasteiger partial charge in [0.15, 0.2) is 0 Å². The molecule has 4 rings (SSSR count). The van der Waals surface area contributed by atoms with Crippen LogP contribution in [0.3, 0.4) is 0 Å². The Bertz CT molecular complexity index is 908. The summed E-state index contributed by atoms with van der Waals surface area (Å²) in [5, 5.41) is 8.76. The summed E-state index contributed by atoms with van der Waals surface area (Å²) in [5.74, 6) is 0. The van der Waals surface area contributed by atoms with Gasteiger partial charge in [-0.15, -0.1) is 0 Å². The van der Waals surface area contributed by atoms with Crippen LogP contribution in [0.2, 0.25) is 15.1 Å². The van der Waals surface area contributed by atoms with Gasteiger partial charge in [0.25, 0.3) is 0 Å². The first kappa shape index (κ1) is 20.0. The largest absolute Gasteiger partial charge is 0.361 e. The maximum Gasteiger partial charge on any atom is 0.125 e. The molecule has 2 aromatic rings. The summed E-state index contributed by atoms with van der Waals surface area (Å²) in [6.45, 7) is 2.01. The molecule has 0 saturated carbocycles. The van der Waals surface area contributed by atoms with Crippen molar-refractivity contribution in [2.24, 2.45) is 5.10 Å². The molecule has 2 aliphatic heterocycles. The third-order valence-corrected chi connectivity index (χ3v) is 6.50. The quantitative estimate of drug-likeness (QED) is 0.479. The maximum atomic E-state index is 6.50. The van der Waals surface area contributed by atoms with Crippen molar-refractivity contribution in [1.82, 2.24) is 4.90 Å². The lowest BCUT2D eigenvalue weighted by molar-refractivity contribution is 0.350. The van der Waals surface area contributed by atoms with Crippen molar-refractivity contribution in [3.05, 3.63) is 63.1 Å². The van der Waals surface area contributed by atoms with E-state index in [1.54, 1.807) is 6.07 Å². The van der Waals surface area contributed by atoms with Crippen molar-refractivity contribution >= 4 is 63.4 Å². The number of hydrogen-bond donors (Lipinski definition) is 0.